The maximum absolute atomic E-state index is 13.1. The highest BCUT2D eigenvalue weighted by atomic mass is 16.5. The Morgan fingerprint density at radius 2 is 1.93 bits per heavy atom. The smallest absolute Gasteiger partial charge is 0.223 e. The monoisotopic (exact) mass is 413 g/mol. The molecule has 2 heterocycles. The number of hydrogen-bond donors (Lipinski definition) is 0. The fourth-order valence-corrected chi connectivity index (χ4v) is 4.47. The van der Waals surface area contributed by atoms with Crippen LogP contribution in [0.3, 0.4) is 0 Å². The van der Waals surface area contributed by atoms with Gasteiger partial charge in [-0.15, -0.1) is 0 Å². The van der Waals surface area contributed by atoms with E-state index in [0.717, 1.165) is 43.6 Å². The van der Waals surface area contributed by atoms with E-state index in [-0.39, 0.29) is 11.9 Å². The van der Waals surface area contributed by atoms with Crippen LogP contribution in [0.5, 0.6) is 11.5 Å². The highest BCUT2D eigenvalue weighted by Crippen LogP contribution is 2.37. The van der Waals surface area contributed by atoms with E-state index in [1.165, 1.54) is 11.3 Å². The van der Waals surface area contributed by atoms with Crippen molar-refractivity contribution in [3.05, 3.63) is 40.7 Å². The second-order valence-electron chi connectivity index (χ2n) is 8.58. The van der Waals surface area contributed by atoms with Crippen LogP contribution in [-0.2, 0) is 17.8 Å². The molecule has 6 nitrogen and oxygen atoms in total. The number of likely N-dealkylation sites (tertiary alicyclic amines) is 1. The molecule has 1 fully saturated rings. The van der Waals surface area contributed by atoms with Crippen molar-refractivity contribution in [1.29, 1.82) is 0 Å². The molecule has 0 N–H and O–H groups in total. The van der Waals surface area contributed by atoms with Crippen molar-refractivity contribution in [2.24, 2.45) is 5.92 Å². The van der Waals surface area contributed by atoms with Gasteiger partial charge in [0.05, 0.1) is 26.0 Å². The third-order valence-electron chi connectivity index (χ3n) is 6.02. The van der Waals surface area contributed by atoms with E-state index >= 15 is 0 Å². The summed E-state index contributed by atoms with van der Waals surface area (Å²) in [5, 5.41) is 4.69. The highest BCUT2D eigenvalue weighted by Gasteiger charge is 2.30. The summed E-state index contributed by atoms with van der Waals surface area (Å²) >= 11 is 0. The van der Waals surface area contributed by atoms with E-state index in [1.54, 1.807) is 14.2 Å². The van der Waals surface area contributed by atoms with E-state index in [9.17, 15) is 4.79 Å². The lowest BCUT2D eigenvalue weighted by atomic mass is 10.0. The van der Waals surface area contributed by atoms with Gasteiger partial charge in [0.1, 0.15) is 0 Å². The zero-order chi connectivity index (χ0) is 21.8. The standard InChI is InChI=1S/C24H35N3O3/c1-16(2)15-27-18(4)20(17(3)25-27)10-12-24(28)26-13-7-8-21(26)19-9-11-22(29-5)23(14-19)30-6/h9,11,14,16,21H,7-8,10,12-13,15H2,1-6H3/t21-/m1/s1. The Morgan fingerprint density at radius 3 is 2.60 bits per heavy atom. The van der Waals surface area contributed by atoms with Crippen LogP contribution < -0.4 is 9.47 Å². The molecule has 1 aromatic carbocycles. The molecule has 164 valence electrons. The van der Waals surface area contributed by atoms with Gasteiger partial charge in [0.2, 0.25) is 5.91 Å². The van der Waals surface area contributed by atoms with E-state index < -0.39 is 0 Å². The van der Waals surface area contributed by atoms with Crippen LogP contribution in [0.4, 0.5) is 0 Å². The minimum Gasteiger partial charge on any atom is -0.493 e. The number of amides is 1. The number of nitrogens with zero attached hydrogens (tertiary/aromatic N) is 3. The van der Waals surface area contributed by atoms with Gasteiger partial charge in [-0.1, -0.05) is 19.9 Å². The van der Waals surface area contributed by atoms with Crippen molar-refractivity contribution in [3.8, 4) is 11.5 Å². The molecular formula is C24H35N3O3. The second kappa shape index (κ2) is 9.54. The second-order valence-corrected chi connectivity index (χ2v) is 8.58. The highest BCUT2D eigenvalue weighted by molar-refractivity contribution is 5.77. The van der Waals surface area contributed by atoms with E-state index in [1.807, 2.05) is 30.0 Å². The van der Waals surface area contributed by atoms with Crippen molar-refractivity contribution in [2.45, 2.75) is 66.0 Å². The van der Waals surface area contributed by atoms with E-state index in [0.29, 0.717) is 23.8 Å². The summed E-state index contributed by atoms with van der Waals surface area (Å²) in [4.78, 5) is 15.2. The number of rotatable bonds is 8. The summed E-state index contributed by atoms with van der Waals surface area (Å²) in [5.41, 5.74) is 4.55. The van der Waals surface area contributed by atoms with Gasteiger partial charge in [0.25, 0.3) is 0 Å². The zero-order valence-corrected chi connectivity index (χ0v) is 19.2. The lowest BCUT2D eigenvalue weighted by molar-refractivity contribution is -0.132. The number of methoxy groups -OCH3 is 2. The van der Waals surface area contributed by atoms with E-state index in [4.69, 9.17) is 9.47 Å². The number of carbonyl (C=O) groups is 1. The fraction of sp³-hybridized carbons (Fsp3) is 0.583. The first-order chi connectivity index (χ1) is 14.3. The van der Waals surface area contributed by atoms with Gasteiger partial charge in [-0.05, 0) is 62.3 Å². The lowest BCUT2D eigenvalue weighted by Crippen LogP contribution is -2.30. The van der Waals surface area contributed by atoms with Crippen molar-refractivity contribution in [1.82, 2.24) is 14.7 Å². The summed E-state index contributed by atoms with van der Waals surface area (Å²) in [7, 11) is 3.28. The first-order valence-electron chi connectivity index (χ1n) is 10.9. The van der Waals surface area contributed by atoms with Crippen LogP contribution in [0.15, 0.2) is 18.2 Å². The summed E-state index contributed by atoms with van der Waals surface area (Å²) in [6.45, 7) is 10.3. The zero-order valence-electron chi connectivity index (χ0n) is 19.2. The number of carbonyl (C=O) groups excluding carboxylic acids is 1. The number of ether oxygens (including phenoxy) is 2. The summed E-state index contributed by atoms with van der Waals surface area (Å²) < 4.78 is 12.9. The number of aromatic nitrogens is 2. The van der Waals surface area contributed by atoms with Gasteiger partial charge >= 0.3 is 0 Å². The van der Waals surface area contributed by atoms with Gasteiger partial charge in [-0.3, -0.25) is 9.48 Å². The van der Waals surface area contributed by atoms with Gasteiger partial charge in [0.15, 0.2) is 11.5 Å². The van der Waals surface area contributed by atoms with Gasteiger partial charge in [-0.2, -0.15) is 5.10 Å². The van der Waals surface area contributed by atoms with Crippen molar-refractivity contribution < 1.29 is 14.3 Å². The molecule has 1 aromatic heterocycles. The quantitative estimate of drug-likeness (QED) is 0.641. The topological polar surface area (TPSA) is 56.6 Å². The molecule has 1 atom stereocenters. The first kappa shape index (κ1) is 22.2. The average Bonchev–Trinajstić information content (AvgIpc) is 3.31. The molecule has 0 spiro atoms. The Bertz CT molecular complexity index is 888. The summed E-state index contributed by atoms with van der Waals surface area (Å²) in [6.07, 6.45) is 3.25. The first-order valence-corrected chi connectivity index (χ1v) is 10.9. The maximum Gasteiger partial charge on any atom is 0.223 e. The molecule has 0 bridgehead atoms. The molecule has 6 heteroatoms. The Hall–Kier alpha value is -2.50. The molecule has 0 radical (unpaired) electrons. The summed E-state index contributed by atoms with van der Waals surface area (Å²) in [6, 6.07) is 6.06. The van der Waals surface area contributed by atoms with Crippen molar-refractivity contribution in [2.75, 3.05) is 20.8 Å². The Morgan fingerprint density at radius 1 is 1.20 bits per heavy atom. The van der Waals surface area contributed by atoms with Crippen LogP contribution in [0.2, 0.25) is 0 Å². The van der Waals surface area contributed by atoms with Crippen LogP contribution in [0.25, 0.3) is 0 Å². The van der Waals surface area contributed by atoms with E-state index in [2.05, 4.69) is 30.6 Å². The predicted molar refractivity (Wildman–Crippen MR) is 118 cm³/mol. The van der Waals surface area contributed by atoms with Crippen LogP contribution in [0, 0.1) is 19.8 Å². The SMILES string of the molecule is COc1ccc([C@H]2CCCN2C(=O)CCc2c(C)nn(CC(C)C)c2C)cc1OC. The average molecular weight is 414 g/mol. The predicted octanol–water partition coefficient (Wildman–Crippen LogP) is 4.47. The molecule has 30 heavy (non-hydrogen) atoms. The third-order valence-corrected chi connectivity index (χ3v) is 6.02. The molecule has 1 aliphatic rings. The summed E-state index contributed by atoms with van der Waals surface area (Å²) in [5.74, 6) is 2.17. The minimum absolute atomic E-state index is 0.100. The number of hydrogen-bond acceptors (Lipinski definition) is 4. The van der Waals surface area contributed by atoms with Crippen molar-refractivity contribution >= 4 is 5.91 Å². The molecular weight excluding hydrogens is 378 g/mol. The van der Waals surface area contributed by atoms with Crippen LogP contribution in [0.1, 0.15) is 61.7 Å². The fourth-order valence-electron chi connectivity index (χ4n) is 4.47. The Balaban J connectivity index is 1.71. The Labute approximate surface area is 180 Å². The van der Waals surface area contributed by atoms with Gasteiger partial charge < -0.3 is 14.4 Å². The van der Waals surface area contributed by atoms with Gasteiger partial charge in [-0.25, -0.2) is 0 Å². The Kier molecular flexibility index (Phi) is 7.06. The molecule has 1 amide bonds. The minimum atomic E-state index is 0.100. The molecule has 1 saturated heterocycles. The van der Waals surface area contributed by atoms with Crippen LogP contribution in [-0.4, -0.2) is 41.4 Å². The molecule has 1 aliphatic heterocycles. The van der Waals surface area contributed by atoms with Gasteiger partial charge in [0, 0.05) is 25.2 Å². The number of aryl methyl sites for hydroxylation is 1. The molecule has 3 rings (SSSR count). The van der Waals surface area contributed by atoms with Crippen molar-refractivity contribution in [3.63, 3.8) is 0 Å². The molecule has 0 unspecified atom stereocenters. The molecule has 0 aliphatic carbocycles. The number of benzene rings is 1. The third kappa shape index (κ3) is 4.63. The maximum atomic E-state index is 13.1. The molecule has 0 saturated carbocycles. The normalized spacial score (nSPS) is 16.4. The molecule has 2 aromatic rings. The lowest BCUT2D eigenvalue weighted by Gasteiger charge is -2.26. The van der Waals surface area contributed by atoms with Crippen LogP contribution >= 0.6 is 0 Å². The largest absolute Gasteiger partial charge is 0.493 e.